The Morgan fingerprint density at radius 2 is 0.651 bits per heavy atom. The Morgan fingerprint density at radius 1 is 0.358 bits per heavy atom. The summed E-state index contributed by atoms with van der Waals surface area (Å²) in [6, 6.07) is 58.6. The molecule has 17 aromatic rings. The van der Waals surface area contributed by atoms with E-state index >= 15 is 0 Å². The molecule has 538 valence electrons. The summed E-state index contributed by atoms with van der Waals surface area (Å²) in [7, 11) is 0. The number of carbonyl (C=O) groups excluding carboxylic acids is 1. The minimum atomic E-state index is -0.295. The summed E-state index contributed by atoms with van der Waals surface area (Å²) >= 11 is 0. The predicted molar refractivity (Wildman–Crippen MR) is 420 cm³/mol. The van der Waals surface area contributed by atoms with E-state index in [1.54, 1.807) is 28.9 Å². The Morgan fingerprint density at radius 3 is 0.991 bits per heavy atom. The standard InChI is InChI=1S/C19H17N3O.C18H15N3O.C16H17N3O3.C16H19N3O.C15H17N3O/c1-13-15(12-11-14-7-3-2-4-8-14)18(23)22-17-10-6-5-9-16(17)21-19(22)20-13;1-12-14(11-13-7-3-2-4-8-13)17(22)21-16-10-6-5-9-15(16)20-18(21)19-12;1-3-22-14(20)9-8-11-10(2)17-16-18-12-6-4-5-7-13(12)19(16)15(11)21;1-10(2)8-9-12-11(3)17-16-18-13-6-4-5-7-14(13)19(16)15(12)20;1-3-4-7-11-10(2)16-15-17-12-8-5-6-9-13(12)18(15)14(11)19/h2-10H,11-12H2,1H3,(H,20,21);2-10H,11H2,1H3,(H,19,20);4-7H,3,8-9H2,1-2H3,(H,17,18);4-7,10H,8-9H2,1-3H3,(H,17,18);5-6,8-9H,3-4,7H2,1-2H3,(H,16,17). The number of imidazole rings is 5. The van der Waals surface area contributed by atoms with Crippen LogP contribution in [0.15, 0.2) is 206 Å². The summed E-state index contributed by atoms with van der Waals surface area (Å²) in [6.07, 6.45) is 7.48. The number of H-pyrrole nitrogens is 5. The number of para-hydroxylation sites is 10. The van der Waals surface area contributed by atoms with E-state index in [-0.39, 0.29) is 40.2 Å². The lowest BCUT2D eigenvalue weighted by atomic mass is 10.0. The first kappa shape index (κ1) is 71.8. The summed E-state index contributed by atoms with van der Waals surface area (Å²) in [5, 5.41) is 0. The number of esters is 1. The Bertz CT molecular complexity index is 6400. The number of ether oxygens (including phenoxy) is 1. The van der Waals surface area contributed by atoms with Gasteiger partial charge >= 0.3 is 5.97 Å². The zero-order valence-corrected chi connectivity index (χ0v) is 61.0. The smallest absolute Gasteiger partial charge is 0.306 e. The van der Waals surface area contributed by atoms with Gasteiger partial charge in [-0.2, -0.15) is 0 Å². The Hall–Kier alpha value is -12.6. The molecule has 22 nitrogen and oxygen atoms in total. The van der Waals surface area contributed by atoms with Gasteiger partial charge in [0.15, 0.2) is 0 Å². The van der Waals surface area contributed by atoms with Gasteiger partial charge in [-0.1, -0.05) is 149 Å². The fraction of sp³-hybridized carbons (Fsp3) is 0.250. The van der Waals surface area contributed by atoms with E-state index in [1.807, 2.05) is 204 Å². The first-order chi connectivity index (χ1) is 51.4. The topological polar surface area (TPSA) is 277 Å². The summed E-state index contributed by atoms with van der Waals surface area (Å²) in [5.41, 5.74) is 19.0. The van der Waals surface area contributed by atoms with Gasteiger partial charge in [-0.05, 0) is 164 Å². The number of rotatable bonds is 15. The molecule has 7 aromatic carbocycles. The molecule has 5 N–H and O–H groups in total. The second kappa shape index (κ2) is 31.6. The maximum absolute atomic E-state index is 12.9. The number of hydrogen-bond acceptors (Lipinski definition) is 12. The van der Waals surface area contributed by atoms with Crippen LogP contribution in [0.5, 0.6) is 0 Å². The highest BCUT2D eigenvalue weighted by molar-refractivity contribution is 5.83. The maximum Gasteiger partial charge on any atom is 0.306 e. The lowest BCUT2D eigenvalue weighted by Gasteiger charge is -2.08. The van der Waals surface area contributed by atoms with Gasteiger partial charge in [0.2, 0.25) is 28.9 Å². The summed E-state index contributed by atoms with van der Waals surface area (Å²) < 4.78 is 13.2. The monoisotopic (exact) mass is 1420 g/mol. The van der Waals surface area contributed by atoms with E-state index in [9.17, 15) is 28.8 Å². The minimum Gasteiger partial charge on any atom is -0.466 e. The molecule has 0 unspecified atom stereocenters. The van der Waals surface area contributed by atoms with Crippen molar-refractivity contribution in [3.05, 3.63) is 301 Å². The number of unbranched alkanes of at least 4 members (excludes halogenated alkanes) is 1. The van der Waals surface area contributed by atoms with E-state index in [0.29, 0.717) is 66.2 Å². The normalized spacial score (nSPS) is 11.4. The number of aromatic nitrogens is 15. The Kier molecular flexibility index (Phi) is 21.4. The highest BCUT2D eigenvalue weighted by Crippen LogP contribution is 2.22. The number of benzene rings is 7. The molecule has 0 aliphatic carbocycles. The fourth-order valence-corrected chi connectivity index (χ4v) is 13.6. The molecule has 0 saturated carbocycles. The van der Waals surface area contributed by atoms with Crippen molar-refractivity contribution < 1.29 is 9.53 Å². The van der Waals surface area contributed by atoms with E-state index in [0.717, 1.165) is 150 Å². The number of nitrogens with one attached hydrogen (secondary N) is 5. The van der Waals surface area contributed by atoms with Crippen LogP contribution in [0, 0.1) is 40.5 Å². The summed E-state index contributed by atoms with van der Waals surface area (Å²) in [5.74, 6) is 3.27. The van der Waals surface area contributed by atoms with Crippen molar-refractivity contribution in [3.63, 3.8) is 0 Å². The van der Waals surface area contributed by atoms with E-state index in [4.69, 9.17) is 4.74 Å². The average Bonchev–Trinajstić information content (AvgIpc) is 1.63. The lowest BCUT2D eigenvalue weighted by Crippen LogP contribution is -2.22. The van der Waals surface area contributed by atoms with Crippen molar-refractivity contribution in [2.45, 2.75) is 127 Å². The molecule has 0 atom stereocenters. The van der Waals surface area contributed by atoms with Gasteiger partial charge in [0, 0.05) is 69.1 Å². The number of aromatic amines is 5. The molecule has 0 aliphatic rings. The maximum atomic E-state index is 12.9. The summed E-state index contributed by atoms with van der Waals surface area (Å²) in [4.78, 5) is 114. The van der Waals surface area contributed by atoms with Crippen LogP contribution in [-0.4, -0.2) is 84.4 Å². The lowest BCUT2D eigenvalue weighted by molar-refractivity contribution is -0.143. The molecule has 0 radical (unpaired) electrons. The van der Waals surface area contributed by atoms with Gasteiger partial charge in [-0.15, -0.1) is 0 Å². The Labute approximate surface area is 608 Å². The highest BCUT2D eigenvalue weighted by atomic mass is 16.5. The third kappa shape index (κ3) is 14.8. The van der Waals surface area contributed by atoms with Crippen LogP contribution in [0.4, 0.5) is 0 Å². The fourth-order valence-electron chi connectivity index (χ4n) is 13.6. The number of aryl methyl sites for hydroxylation is 6. The van der Waals surface area contributed by atoms with Crippen LogP contribution in [0.3, 0.4) is 0 Å². The predicted octanol–water partition coefficient (Wildman–Crippen LogP) is 14.2. The molecule has 17 rings (SSSR count). The second-order valence-corrected chi connectivity index (χ2v) is 27.0. The molecule has 106 heavy (non-hydrogen) atoms. The number of fused-ring (bicyclic) bond motifs is 15. The second-order valence-electron chi connectivity index (χ2n) is 27.0. The van der Waals surface area contributed by atoms with Crippen LogP contribution in [0.1, 0.15) is 121 Å². The Balaban J connectivity index is 0.000000117. The molecular weight excluding hydrogens is 1330 g/mol. The molecule has 10 aromatic heterocycles. The van der Waals surface area contributed by atoms with Gasteiger partial charge in [0.25, 0.3) is 27.8 Å². The minimum absolute atomic E-state index is 0.00352. The van der Waals surface area contributed by atoms with Gasteiger partial charge in [-0.3, -0.25) is 28.8 Å². The first-order valence-electron chi connectivity index (χ1n) is 36.1. The van der Waals surface area contributed by atoms with Gasteiger partial charge < -0.3 is 29.7 Å². The third-order valence-corrected chi connectivity index (χ3v) is 19.2. The largest absolute Gasteiger partial charge is 0.466 e. The quantitative estimate of drug-likeness (QED) is 0.0599. The van der Waals surface area contributed by atoms with Crippen LogP contribution in [0.2, 0.25) is 0 Å². The van der Waals surface area contributed by atoms with Gasteiger partial charge in [0.05, 0.1) is 61.8 Å². The molecule has 0 amide bonds. The molecule has 10 heterocycles. The highest BCUT2D eigenvalue weighted by Gasteiger charge is 2.20. The van der Waals surface area contributed by atoms with Crippen molar-refractivity contribution in [3.8, 4) is 0 Å². The van der Waals surface area contributed by atoms with Crippen LogP contribution in [0.25, 0.3) is 84.1 Å². The zero-order valence-electron chi connectivity index (χ0n) is 61.0. The molecule has 0 saturated heterocycles. The summed E-state index contributed by atoms with van der Waals surface area (Å²) in [6.45, 7) is 18.2. The third-order valence-electron chi connectivity index (χ3n) is 19.2. The van der Waals surface area contributed by atoms with Crippen molar-refractivity contribution in [1.29, 1.82) is 0 Å². The zero-order chi connectivity index (χ0) is 74.3. The van der Waals surface area contributed by atoms with Crippen molar-refractivity contribution in [1.82, 2.24) is 71.8 Å². The SMILES string of the molecule is CCCCc1c(C)[nH]c2nc3ccccc3n2c1=O.CCOC(=O)CCc1c(C)[nH]c2nc3ccccc3n2c1=O.Cc1[nH]c2nc3ccccc3n2c(=O)c1CCC(C)C.Cc1[nH]c2nc3ccccc3n2c(=O)c1CCc1ccccc1.Cc1[nH]c2nc3ccccc3n2c(=O)c1Cc1ccccc1. The molecule has 22 heteroatoms. The van der Waals surface area contributed by atoms with Crippen LogP contribution in [-0.2, 0) is 48.1 Å². The molecule has 0 spiro atoms. The van der Waals surface area contributed by atoms with Crippen molar-refractivity contribution >= 4 is 90.0 Å². The molecule has 0 bridgehead atoms. The van der Waals surface area contributed by atoms with Crippen molar-refractivity contribution in [2.75, 3.05) is 6.61 Å². The van der Waals surface area contributed by atoms with Crippen molar-refractivity contribution in [2.24, 2.45) is 5.92 Å². The van der Waals surface area contributed by atoms with Crippen LogP contribution < -0.4 is 27.8 Å². The molecule has 0 aliphatic heterocycles. The van der Waals surface area contributed by atoms with E-state index in [1.165, 1.54) is 5.56 Å². The van der Waals surface area contributed by atoms with Crippen LogP contribution >= 0.6 is 0 Å². The van der Waals surface area contributed by atoms with Gasteiger partial charge in [0.1, 0.15) is 0 Å². The molecular formula is C84H85N15O7. The average molecular weight is 1420 g/mol. The van der Waals surface area contributed by atoms with E-state index < -0.39 is 0 Å². The first-order valence-corrected chi connectivity index (χ1v) is 36.1. The molecule has 0 fully saturated rings. The van der Waals surface area contributed by atoms with Gasteiger partial charge in [-0.25, -0.2) is 46.9 Å². The number of nitrogens with zero attached hydrogens (tertiary/aromatic N) is 10. The number of hydrogen-bond donors (Lipinski definition) is 5. The van der Waals surface area contributed by atoms with E-state index in [2.05, 4.69) is 82.7 Å². The number of carbonyl (C=O) groups is 1.